The van der Waals surface area contributed by atoms with Gasteiger partial charge in [-0.1, -0.05) is 16.5 Å². The number of nitriles is 1. The third-order valence-electron chi connectivity index (χ3n) is 1.44. The first-order valence-corrected chi connectivity index (χ1v) is 5.05. The number of benzene rings is 1. The van der Waals surface area contributed by atoms with E-state index in [2.05, 4.69) is 9.13 Å². The number of hydrogen-bond donors (Lipinski definition) is 0. The number of rotatable bonds is 3. The number of sulfonamides is 1. The fourth-order valence-corrected chi connectivity index (χ4v) is 1.71. The van der Waals surface area contributed by atoms with Gasteiger partial charge in [0, 0.05) is 0 Å². The Labute approximate surface area is 85.5 Å². The van der Waals surface area contributed by atoms with Crippen LogP contribution in [0.1, 0.15) is 0 Å². The topological polar surface area (TPSA) is 96.6 Å². The standard InChI is InChI=1S/C8H4N2O4S/c9-5-14-7-3-1-2-4-8(7)15(12,13)10-6-11/h1-4H. The van der Waals surface area contributed by atoms with Gasteiger partial charge in [0.1, 0.15) is 4.90 Å². The van der Waals surface area contributed by atoms with Crippen molar-refractivity contribution in [3.8, 4) is 12.0 Å². The summed E-state index contributed by atoms with van der Waals surface area (Å²) in [6.07, 6.45) is 2.26. The molecule has 0 saturated carbocycles. The Hall–Kier alpha value is -2.16. The van der Waals surface area contributed by atoms with Crippen molar-refractivity contribution in [3.63, 3.8) is 0 Å². The molecule has 15 heavy (non-hydrogen) atoms. The van der Waals surface area contributed by atoms with Crippen molar-refractivity contribution < 1.29 is 17.9 Å². The maximum atomic E-state index is 11.3. The van der Waals surface area contributed by atoms with Crippen molar-refractivity contribution in [3.05, 3.63) is 24.3 Å². The maximum Gasteiger partial charge on any atom is 0.296 e. The number of carbonyl (C=O) groups excluding carboxylic acids is 1. The zero-order valence-electron chi connectivity index (χ0n) is 7.25. The number of ether oxygens (including phenoxy) is 1. The van der Waals surface area contributed by atoms with Gasteiger partial charge in [0.05, 0.1) is 0 Å². The van der Waals surface area contributed by atoms with Gasteiger partial charge in [-0.25, -0.2) is 4.79 Å². The Kier molecular flexibility index (Phi) is 3.18. The van der Waals surface area contributed by atoms with Gasteiger partial charge in [0.15, 0.2) is 5.75 Å². The molecule has 0 saturated heterocycles. The Bertz CT molecular complexity index is 552. The van der Waals surface area contributed by atoms with Crippen molar-refractivity contribution in [1.82, 2.24) is 0 Å². The molecule has 0 fully saturated rings. The van der Waals surface area contributed by atoms with Crippen LogP contribution in [0.2, 0.25) is 0 Å². The summed E-state index contributed by atoms with van der Waals surface area (Å²) < 4.78 is 29.7. The normalized spacial score (nSPS) is 9.80. The molecular formula is C8H4N2O4S. The van der Waals surface area contributed by atoms with E-state index in [1.807, 2.05) is 0 Å². The predicted octanol–water partition coefficient (Wildman–Crippen LogP) is 0.571. The summed E-state index contributed by atoms with van der Waals surface area (Å²) >= 11 is 0. The van der Waals surface area contributed by atoms with Crippen LogP contribution < -0.4 is 4.74 Å². The molecule has 0 radical (unpaired) electrons. The highest BCUT2D eigenvalue weighted by atomic mass is 32.2. The average Bonchev–Trinajstić information content (AvgIpc) is 2.19. The maximum absolute atomic E-state index is 11.3. The summed E-state index contributed by atoms with van der Waals surface area (Å²) in [7, 11) is -4.14. The lowest BCUT2D eigenvalue weighted by Gasteiger charge is -2.01. The van der Waals surface area contributed by atoms with Crippen LogP contribution in [0.5, 0.6) is 5.75 Å². The lowest BCUT2D eigenvalue weighted by atomic mass is 10.3. The minimum absolute atomic E-state index is 0.181. The van der Waals surface area contributed by atoms with Crippen LogP contribution in [0.3, 0.4) is 0 Å². The smallest absolute Gasteiger partial charge is 0.296 e. The lowest BCUT2D eigenvalue weighted by Crippen LogP contribution is -1.99. The van der Waals surface area contributed by atoms with Crippen LogP contribution in [-0.2, 0) is 14.8 Å². The average molecular weight is 224 g/mol. The van der Waals surface area contributed by atoms with E-state index in [9.17, 15) is 13.2 Å². The van der Waals surface area contributed by atoms with Gasteiger partial charge in [-0.2, -0.15) is 8.42 Å². The van der Waals surface area contributed by atoms with Crippen LogP contribution in [-0.4, -0.2) is 14.5 Å². The fourth-order valence-electron chi connectivity index (χ4n) is 0.895. The molecule has 0 aliphatic rings. The lowest BCUT2D eigenvalue weighted by molar-refractivity contribution is 0.490. The van der Waals surface area contributed by atoms with Crippen molar-refractivity contribution in [1.29, 1.82) is 5.26 Å². The molecule has 0 aliphatic carbocycles. The van der Waals surface area contributed by atoms with E-state index in [0.717, 1.165) is 6.08 Å². The molecule has 1 aromatic rings. The first kappa shape index (κ1) is 10.9. The highest BCUT2D eigenvalue weighted by Crippen LogP contribution is 2.24. The SMILES string of the molecule is N#COc1ccccc1S(=O)(=O)N=C=O. The van der Waals surface area contributed by atoms with Crippen LogP contribution >= 0.6 is 0 Å². The van der Waals surface area contributed by atoms with Gasteiger partial charge >= 0.3 is 0 Å². The minimum Gasteiger partial charge on any atom is -0.387 e. The van der Waals surface area contributed by atoms with E-state index >= 15 is 0 Å². The molecule has 0 amide bonds. The van der Waals surface area contributed by atoms with Crippen molar-refractivity contribution in [2.75, 3.05) is 0 Å². The summed E-state index contributed by atoms with van der Waals surface area (Å²) in [4.78, 5) is 9.53. The number of nitrogens with zero attached hydrogens (tertiary/aromatic N) is 2. The summed E-state index contributed by atoms with van der Waals surface area (Å²) in [6, 6.07) is 5.34. The quantitative estimate of drug-likeness (QED) is 0.424. The number of hydrogen-bond acceptors (Lipinski definition) is 5. The van der Waals surface area contributed by atoms with Crippen LogP contribution in [0, 0.1) is 11.5 Å². The summed E-state index contributed by atoms with van der Waals surface area (Å²) in [5, 5.41) is 8.26. The number of isocyanates is 1. The van der Waals surface area contributed by atoms with E-state index in [1.54, 1.807) is 0 Å². The van der Waals surface area contributed by atoms with Crippen LogP contribution in [0.4, 0.5) is 0 Å². The van der Waals surface area contributed by atoms with Crippen molar-refractivity contribution >= 4 is 16.1 Å². The van der Waals surface area contributed by atoms with Crippen molar-refractivity contribution in [2.24, 2.45) is 4.40 Å². The molecule has 0 atom stereocenters. The van der Waals surface area contributed by atoms with E-state index in [4.69, 9.17) is 5.26 Å². The Balaban J connectivity index is 3.38. The van der Waals surface area contributed by atoms with Gasteiger partial charge in [0.25, 0.3) is 22.4 Å². The number of para-hydroxylation sites is 1. The van der Waals surface area contributed by atoms with Crippen molar-refractivity contribution in [2.45, 2.75) is 4.90 Å². The van der Waals surface area contributed by atoms with E-state index < -0.39 is 10.0 Å². The van der Waals surface area contributed by atoms with Gasteiger partial charge in [-0.05, 0) is 12.1 Å². The molecule has 0 bridgehead atoms. The van der Waals surface area contributed by atoms with Gasteiger partial charge < -0.3 is 4.74 Å². The molecule has 7 heteroatoms. The second-order valence-electron chi connectivity index (χ2n) is 2.30. The highest BCUT2D eigenvalue weighted by Gasteiger charge is 2.18. The molecule has 0 spiro atoms. The molecule has 0 heterocycles. The molecule has 0 unspecified atom stereocenters. The molecule has 0 aromatic heterocycles. The third kappa shape index (κ3) is 2.40. The molecule has 1 rings (SSSR count). The molecule has 0 N–H and O–H groups in total. The minimum atomic E-state index is -4.14. The molecule has 1 aromatic carbocycles. The third-order valence-corrected chi connectivity index (χ3v) is 2.65. The van der Waals surface area contributed by atoms with Gasteiger partial charge in [0.2, 0.25) is 0 Å². The Morgan fingerprint density at radius 3 is 2.60 bits per heavy atom. The fraction of sp³-hybridized carbons (Fsp3) is 0. The second-order valence-corrected chi connectivity index (χ2v) is 3.87. The Morgan fingerprint density at radius 2 is 2.00 bits per heavy atom. The largest absolute Gasteiger partial charge is 0.387 e. The first-order valence-electron chi connectivity index (χ1n) is 3.61. The molecule has 6 nitrogen and oxygen atoms in total. The zero-order valence-corrected chi connectivity index (χ0v) is 8.06. The summed E-state index contributed by atoms with van der Waals surface area (Å²) in [6.45, 7) is 0. The molecule has 76 valence electrons. The second kappa shape index (κ2) is 4.37. The monoisotopic (exact) mass is 224 g/mol. The van der Waals surface area contributed by atoms with E-state index in [0.29, 0.717) is 0 Å². The van der Waals surface area contributed by atoms with Crippen LogP contribution in [0.15, 0.2) is 33.6 Å². The van der Waals surface area contributed by atoms with Gasteiger partial charge in [-0.15, -0.1) is 5.26 Å². The molecular weight excluding hydrogens is 220 g/mol. The van der Waals surface area contributed by atoms with E-state index in [-0.39, 0.29) is 10.6 Å². The molecule has 0 aliphatic heterocycles. The zero-order chi connectivity index (χ0) is 11.3. The Morgan fingerprint density at radius 1 is 1.33 bits per heavy atom. The first-order chi connectivity index (χ1) is 7.11. The summed E-state index contributed by atoms with van der Waals surface area (Å²) in [5.74, 6) is -0.181. The van der Waals surface area contributed by atoms with E-state index in [1.165, 1.54) is 30.5 Å². The highest BCUT2D eigenvalue weighted by molar-refractivity contribution is 7.90. The van der Waals surface area contributed by atoms with Crippen LogP contribution in [0.25, 0.3) is 0 Å². The van der Waals surface area contributed by atoms with Gasteiger partial charge in [-0.3, -0.25) is 0 Å². The summed E-state index contributed by atoms with van der Waals surface area (Å²) in [5.41, 5.74) is 0. The predicted molar refractivity (Wildman–Crippen MR) is 48.0 cm³/mol.